The average molecular weight is 382 g/mol. The molecular formula is C18H21F3N4O2. The van der Waals surface area contributed by atoms with Crippen LogP contribution in [0.4, 0.5) is 24.5 Å². The third kappa shape index (κ3) is 5.61. The van der Waals surface area contributed by atoms with Gasteiger partial charge in [0.05, 0.1) is 18.2 Å². The van der Waals surface area contributed by atoms with Crippen molar-refractivity contribution in [2.45, 2.75) is 50.7 Å². The van der Waals surface area contributed by atoms with E-state index in [9.17, 15) is 28.0 Å². The van der Waals surface area contributed by atoms with Crippen molar-refractivity contribution >= 4 is 23.2 Å². The standard InChI is InChI=1S/C18H21F3N4O2/c1-12(26)24-13-5-6-15(14(9-13)18(19,20)21)23-10-16(27)25-17(11-22)7-3-2-4-8-17/h5-6,9,23H,2-4,7-8,10H2,1H3,(H,24,26)(H,25,27). The molecule has 0 saturated heterocycles. The van der Waals surface area contributed by atoms with Gasteiger partial charge >= 0.3 is 6.18 Å². The van der Waals surface area contributed by atoms with Crippen LogP contribution in [0, 0.1) is 11.3 Å². The second-order valence-corrected chi connectivity index (χ2v) is 6.60. The molecule has 0 aromatic heterocycles. The number of rotatable bonds is 5. The average Bonchev–Trinajstić information content (AvgIpc) is 2.60. The molecule has 2 rings (SSSR count). The van der Waals surface area contributed by atoms with E-state index in [1.807, 2.05) is 0 Å². The normalized spacial score (nSPS) is 16.1. The fourth-order valence-electron chi connectivity index (χ4n) is 3.12. The predicted molar refractivity (Wildman–Crippen MR) is 93.8 cm³/mol. The topological polar surface area (TPSA) is 94.0 Å². The van der Waals surface area contributed by atoms with E-state index in [0.717, 1.165) is 31.4 Å². The molecule has 146 valence electrons. The van der Waals surface area contributed by atoms with E-state index < -0.39 is 35.6 Å². The maximum absolute atomic E-state index is 13.3. The molecule has 6 nitrogen and oxygen atoms in total. The summed E-state index contributed by atoms with van der Waals surface area (Å²) in [7, 11) is 0. The lowest BCUT2D eigenvalue weighted by molar-refractivity contribution is -0.137. The van der Waals surface area contributed by atoms with E-state index in [1.165, 1.54) is 13.0 Å². The van der Waals surface area contributed by atoms with E-state index in [1.54, 1.807) is 0 Å². The molecule has 3 N–H and O–H groups in total. The Morgan fingerprint density at radius 3 is 2.44 bits per heavy atom. The van der Waals surface area contributed by atoms with Crippen LogP contribution in [-0.4, -0.2) is 23.9 Å². The molecule has 1 aliphatic carbocycles. The Kier molecular flexibility index (Phi) is 6.31. The number of nitriles is 1. The fraction of sp³-hybridized carbons (Fsp3) is 0.500. The van der Waals surface area contributed by atoms with Crippen molar-refractivity contribution in [3.63, 3.8) is 0 Å². The first kappa shape index (κ1) is 20.6. The lowest BCUT2D eigenvalue weighted by atomic mass is 9.83. The molecule has 27 heavy (non-hydrogen) atoms. The second kappa shape index (κ2) is 8.29. The molecule has 0 radical (unpaired) electrons. The number of halogens is 3. The fourth-order valence-corrected chi connectivity index (χ4v) is 3.12. The summed E-state index contributed by atoms with van der Waals surface area (Å²) in [6, 6.07) is 5.40. The first-order chi connectivity index (χ1) is 12.6. The van der Waals surface area contributed by atoms with Crippen molar-refractivity contribution in [3.8, 4) is 6.07 Å². The van der Waals surface area contributed by atoms with Gasteiger partial charge in [0, 0.05) is 18.3 Å². The number of benzene rings is 1. The van der Waals surface area contributed by atoms with Gasteiger partial charge in [0.15, 0.2) is 0 Å². The molecule has 0 unspecified atom stereocenters. The number of carbonyl (C=O) groups excluding carboxylic acids is 2. The van der Waals surface area contributed by atoms with Gasteiger partial charge in [0.2, 0.25) is 11.8 Å². The highest BCUT2D eigenvalue weighted by atomic mass is 19.4. The Hall–Kier alpha value is -2.76. The molecular weight excluding hydrogens is 361 g/mol. The van der Waals surface area contributed by atoms with E-state index in [2.05, 4.69) is 22.0 Å². The number of amides is 2. The van der Waals surface area contributed by atoms with Crippen LogP contribution < -0.4 is 16.0 Å². The van der Waals surface area contributed by atoms with Crippen molar-refractivity contribution in [3.05, 3.63) is 23.8 Å². The van der Waals surface area contributed by atoms with Crippen LogP contribution in [0.1, 0.15) is 44.6 Å². The Bertz CT molecular complexity index is 750. The zero-order chi connectivity index (χ0) is 20.1. The molecule has 2 amide bonds. The SMILES string of the molecule is CC(=O)Nc1ccc(NCC(=O)NC2(C#N)CCCCC2)c(C(F)(F)F)c1. The third-order valence-corrected chi connectivity index (χ3v) is 4.38. The highest BCUT2D eigenvalue weighted by Gasteiger charge is 2.35. The smallest absolute Gasteiger partial charge is 0.376 e. The molecule has 0 bridgehead atoms. The van der Waals surface area contributed by atoms with E-state index in [-0.39, 0.29) is 11.4 Å². The van der Waals surface area contributed by atoms with Crippen LogP contribution >= 0.6 is 0 Å². The molecule has 0 aliphatic heterocycles. The number of nitrogens with one attached hydrogen (secondary N) is 3. The molecule has 1 aliphatic rings. The van der Waals surface area contributed by atoms with Crippen molar-refractivity contribution in [1.82, 2.24) is 5.32 Å². The predicted octanol–water partition coefficient (Wildman–Crippen LogP) is 3.42. The number of anilines is 2. The van der Waals surface area contributed by atoms with Crippen molar-refractivity contribution in [2.24, 2.45) is 0 Å². The number of alkyl halides is 3. The highest BCUT2D eigenvalue weighted by Crippen LogP contribution is 2.36. The Labute approximate surface area is 155 Å². The number of hydrogen-bond acceptors (Lipinski definition) is 4. The quantitative estimate of drug-likeness (QED) is 0.727. The zero-order valence-electron chi connectivity index (χ0n) is 14.9. The first-order valence-corrected chi connectivity index (χ1v) is 8.60. The van der Waals surface area contributed by atoms with Crippen LogP contribution in [0.5, 0.6) is 0 Å². The summed E-state index contributed by atoms with van der Waals surface area (Å²) in [6.07, 6.45) is -0.950. The van der Waals surface area contributed by atoms with Crippen LogP contribution in [0.2, 0.25) is 0 Å². The maximum atomic E-state index is 13.3. The van der Waals surface area contributed by atoms with Gasteiger partial charge < -0.3 is 16.0 Å². The monoisotopic (exact) mass is 382 g/mol. The zero-order valence-corrected chi connectivity index (χ0v) is 14.9. The first-order valence-electron chi connectivity index (χ1n) is 8.60. The number of hydrogen-bond donors (Lipinski definition) is 3. The van der Waals surface area contributed by atoms with Gasteiger partial charge in [-0.05, 0) is 31.0 Å². The third-order valence-electron chi connectivity index (χ3n) is 4.38. The minimum Gasteiger partial charge on any atom is -0.376 e. The van der Waals surface area contributed by atoms with E-state index in [4.69, 9.17) is 0 Å². The van der Waals surface area contributed by atoms with Crippen molar-refractivity contribution in [1.29, 1.82) is 5.26 Å². The van der Waals surface area contributed by atoms with Crippen LogP contribution in [0.25, 0.3) is 0 Å². The summed E-state index contributed by atoms with van der Waals surface area (Å²) in [5.41, 5.74) is -2.20. The number of nitrogens with zero attached hydrogens (tertiary/aromatic N) is 1. The van der Waals surface area contributed by atoms with Gasteiger partial charge in [-0.1, -0.05) is 19.3 Å². The Morgan fingerprint density at radius 1 is 1.22 bits per heavy atom. The minimum atomic E-state index is -4.66. The number of carbonyl (C=O) groups is 2. The van der Waals surface area contributed by atoms with Gasteiger partial charge in [-0.3, -0.25) is 9.59 Å². The molecule has 0 atom stereocenters. The van der Waals surface area contributed by atoms with Gasteiger partial charge in [-0.15, -0.1) is 0 Å². The lowest BCUT2D eigenvalue weighted by Gasteiger charge is -2.31. The van der Waals surface area contributed by atoms with Gasteiger partial charge in [-0.25, -0.2) is 0 Å². The summed E-state index contributed by atoms with van der Waals surface area (Å²) >= 11 is 0. The van der Waals surface area contributed by atoms with Crippen molar-refractivity contribution < 1.29 is 22.8 Å². The molecule has 1 fully saturated rings. The molecule has 0 spiro atoms. The van der Waals surface area contributed by atoms with Crippen LogP contribution in [0.15, 0.2) is 18.2 Å². The Balaban J connectivity index is 2.09. The summed E-state index contributed by atoms with van der Waals surface area (Å²) in [4.78, 5) is 23.2. The molecule has 0 heterocycles. The van der Waals surface area contributed by atoms with Gasteiger partial charge in [-0.2, -0.15) is 18.4 Å². The summed E-state index contributed by atoms with van der Waals surface area (Å²) < 4.78 is 39.8. The van der Waals surface area contributed by atoms with E-state index >= 15 is 0 Å². The maximum Gasteiger partial charge on any atom is 0.418 e. The molecule has 9 heteroatoms. The van der Waals surface area contributed by atoms with Crippen LogP contribution in [-0.2, 0) is 15.8 Å². The second-order valence-electron chi connectivity index (χ2n) is 6.60. The summed E-state index contributed by atoms with van der Waals surface area (Å²) in [6.45, 7) is 0.798. The van der Waals surface area contributed by atoms with Gasteiger partial charge in [0.25, 0.3) is 0 Å². The summed E-state index contributed by atoms with van der Waals surface area (Å²) in [5.74, 6) is -1.03. The molecule has 1 aromatic rings. The molecule has 1 saturated carbocycles. The summed E-state index contributed by atoms with van der Waals surface area (Å²) in [5, 5.41) is 16.8. The molecule has 1 aromatic carbocycles. The lowest BCUT2D eigenvalue weighted by Crippen LogP contribution is -2.50. The highest BCUT2D eigenvalue weighted by molar-refractivity contribution is 5.89. The van der Waals surface area contributed by atoms with Crippen molar-refractivity contribution in [2.75, 3.05) is 17.2 Å². The van der Waals surface area contributed by atoms with E-state index in [0.29, 0.717) is 12.8 Å². The Morgan fingerprint density at radius 2 is 1.89 bits per heavy atom. The largest absolute Gasteiger partial charge is 0.418 e. The van der Waals surface area contributed by atoms with Crippen LogP contribution in [0.3, 0.4) is 0 Å². The minimum absolute atomic E-state index is 0.00969. The van der Waals surface area contributed by atoms with Gasteiger partial charge in [0.1, 0.15) is 5.54 Å².